The number of halogens is 2. The van der Waals surface area contributed by atoms with Crippen molar-refractivity contribution in [1.29, 1.82) is 0 Å². The molecule has 0 fully saturated rings. The van der Waals surface area contributed by atoms with Crippen LogP contribution in [0.4, 0.5) is 0 Å². The van der Waals surface area contributed by atoms with Gasteiger partial charge in [-0.2, -0.15) is 0 Å². The van der Waals surface area contributed by atoms with Gasteiger partial charge in [-0.05, 0) is 38.1 Å². The molecule has 0 saturated carbocycles. The summed E-state index contributed by atoms with van der Waals surface area (Å²) in [6.07, 6.45) is 15.3. The fourth-order valence-electron chi connectivity index (χ4n) is 2.63. The molecule has 21 heavy (non-hydrogen) atoms. The molecule has 0 aliphatic heterocycles. The van der Waals surface area contributed by atoms with E-state index in [9.17, 15) is 0 Å². The van der Waals surface area contributed by atoms with Gasteiger partial charge in [-0.25, -0.2) is 0 Å². The van der Waals surface area contributed by atoms with Gasteiger partial charge in [0.05, 0.1) is 0 Å². The van der Waals surface area contributed by atoms with Crippen molar-refractivity contribution < 1.29 is 4.57 Å². The summed E-state index contributed by atoms with van der Waals surface area (Å²) in [5.74, 6) is 0. The van der Waals surface area contributed by atoms with Gasteiger partial charge in [0.2, 0.25) is 0 Å². The van der Waals surface area contributed by atoms with Crippen molar-refractivity contribution in [2.24, 2.45) is 0 Å². The number of alkyl halides is 2. The molecule has 0 amide bonds. The molecule has 0 atom stereocenters. The zero-order chi connectivity index (χ0) is 15.8. The van der Waals surface area contributed by atoms with Gasteiger partial charge in [-0.3, -0.25) is 0 Å². The quantitative estimate of drug-likeness (QED) is 0.148. The highest BCUT2D eigenvalue weighted by Gasteiger charge is 2.22. The van der Waals surface area contributed by atoms with E-state index in [1.54, 1.807) is 0 Å². The largest absolute Gasteiger partial charge is 0.498 e. The molecule has 0 unspecified atom stereocenters. The van der Waals surface area contributed by atoms with E-state index in [1.165, 1.54) is 76.6 Å². The molecule has 0 aliphatic carbocycles. The summed E-state index contributed by atoms with van der Waals surface area (Å²) in [4.78, 5) is 0. The van der Waals surface area contributed by atoms with Gasteiger partial charge in [-0.15, -0.1) is 0 Å². The summed E-state index contributed by atoms with van der Waals surface area (Å²) in [6, 6.07) is 0. The van der Waals surface area contributed by atoms with Crippen molar-refractivity contribution in [3.8, 4) is 0 Å². The summed E-state index contributed by atoms with van der Waals surface area (Å²) in [7, 11) is 0. The minimum absolute atomic E-state index is 0.495. The second-order valence-corrected chi connectivity index (χ2v) is 7.62. The topological polar surface area (TPSA) is 9.23 Å². The number of unbranched alkanes of at least 4 members (excludes halogenated alkanes) is 4. The lowest BCUT2D eigenvalue weighted by Crippen LogP contribution is -2.29. The molecule has 0 aliphatic rings. The maximum absolute atomic E-state index is 6.52. The Labute approximate surface area is 151 Å². The van der Waals surface area contributed by atoms with Crippen molar-refractivity contribution in [3.63, 3.8) is 0 Å². The Hall–Kier alpha value is 1.05. The first-order valence-corrected chi connectivity index (χ1v) is 11.3. The average Bonchev–Trinajstić information content (AvgIpc) is 2.50. The van der Waals surface area contributed by atoms with E-state index in [2.05, 4.69) is 45.7 Å². The standard InChI is InChI=1S/C16H34B2Br2O/c1-3-5-11-17(13-7-9-15-19)21-18(12-6-4-2)14-8-10-16-20/h3-16H2,1-2H3. The van der Waals surface area contributed by atoms with Gasteiger partial charge in [0.15, 0.2) is 0 Å². The lowest BCUT2D eigenvalue weighted by atomic mass is 9.51. The van der Waals surface area contributed by atoms with Gasteiger partial charge < -0.3 is 4.57 Å². The van der Waals surface area contributed by atoms with Crippen LogP contribution in [0.25, 0.3) is 0 Å². The van der Waals surface area contributed by atoms with Gasteiger partial charge in [0.25, 0.3) is 13.8 Å². The van der Waals surface area contributed by atoms with Crippen LogP contribution in [0.2, 0.25) is 25.3 Å². The number of rotatable bonds is 16. The van der Waals surface area contributed by atoms with Crippen LogP contribution in [-0.4, -0.2) is 24.5 Å². The highest BCUT2D eigenvalue weighted by molar-refractivity contribution is 9.09. The molecule has 0 N–H and O–H groups in total. The van der Waals surface area contributed by atoms with Crippen LogP contribution in [0.1, 0.15) is 65.2 Å². The Morgan fingerprint density at radius 2 is 1.00 bits per heavy atom. The van der Waals surface area contributed by atoms with Crippen molar-refractivity contribution in [1.82, 2.24) is 0 Å². The molecular weight excluding hydrogens is 390 g/mol. The normalized spacial score (nSPS) is 10.9. The van der Waals surface area contributed by atoms with Crippen LogP contribution >= 0.6 is 31.9 Å². The molecule has 0 rings (SSSR count). The second-order valence-electron chi connectivity index (χ2n) is 6.03. The van der Waals surface area contributed by atoms with Crippen molar-refractivity contribution in [2.75, 3.05) is 10.7 Å². The molecule has 0 saturated heterocycles. The van der Waals surface area contributed by atoms with E-state index in [4.69, 9.17) is 4.57 Å². The SMILES string of the molecule is CCCCB(CCCCBr)OB(CCCC)CCCCBr. The van der Waals surface area contributed by atoms with Gasteiger partial charge in [0, 0.05) is 10.7 Å². The molecule has 0 heterocycles. The fraction of sp³-hybridized carbons (Fsp3) is 1.00. The maximum Gasteiger partial charge on any atom is 0.276 e. The minimum atomic E-state index is 0.495. The van der Waals surface area contributed by atoms with Crippen LogP contribution in [0.5, 0.6) is 0 Å². The third-order valence-electron chi connectivity index (χ3n) is 3.96. The monoisotopic (exact) mass is 422 g/mol. The lowest BCUT2D eigenvalue weighted by molar-refractivity contribution is 0.550. The summed E-state index contributed by atoms with van der Waals surface area (Å²) in [5, 5.41) is 2.25. The van der Waals surface area contributed by atoms with E-state index in [1.807, 2.05) is 0 Å². The molecule has 0 aromatic rings. The Morgan fingerprint density at radius 1 is 0.619 bits per heavy atom. The van der Waals surface area contributed by atoms with Crippen molar-refractivity contribution >= 4 is 45.7 Å². The Bertz CT molecular complexity index is 189. The van der Waals surface area contributed by atoms with Crippen molar-refractivity contribution in [3.05, 3.63) is 0 Å². The first-order chi connectivity index (χ1) is 10.3. The maximum atomic E-state index is 6.52. The highest BCUT2D eigenvalue weighted by atomic mass is 79.9. The minimum Gasteiger partial charge on any atom is -0.498 e. The summed E-state index contributed by atoms with van der Waals surface area (Å²) in [5.41, 5.74) is 0. The molecular formula is C16H34B2Br2O. The van der Waals surface area contributed by atoms with E-state index in [0.29, 0.717) is 13.8 Å². The number of hydrogen-bond donors (Lipinski definition) is 0. The molecule has 0 radical (unpaired) electrons. The molecule has 124 valence electrons. The summed E-state index contributed by atoms with van der Waals surface area (Å²) < 4.78 is 6.52. The lowest BCUT2D eigenvalue weighted by Gasteiger charge is -2.21. The average molecular weight is 424 g/mol. The van der Waals surface area contributed by atoms with Crippen LogP contribution in [0.3, 0.4) is 0 Å². The van der Waals surface area contributed by atoms with Crippen molar-refractivity contribution in [2.45, 2.75) is 90.5 Å². The van der Waals surface area contributed by atoms with Crippen LogP contribution in [-0.2, 0) is 4.57 Å². The molecule has 0 aromatic carbocycles. The first-order valence-electron chi connectivity index (χ1n) is 9.05. The van der Waals surface area contributed by atoms with E-state index in [0.717, 1.165) is 10.7 Å². The van der Waals surface area contributed by atoms with E-state index >= 15 is 0 Å². The van der Waals surface area contributed by atoms with E-state index in [-0.39, 0.29) is 0 Å². The van der Waals surface area contributed by atoms with Crippen LogP contribution < -0.4 is 0 Å². The fourth-order valence-corrected chi connectivity index (χ4v) is 3.42. The third-order valence-corrected chi connectivity index (χ3v) is 5.09. The first kappa shape index (κ1) is 22.0. The molecule has 0 aromatic heterocycles. The van der Waals surface area contributed by atoms with Gasteiger partial charge in [-0.1, -0.05) is 84.2 Å². The summed E-state index contributed by atoms with van der Waals surface area (Å²) >= 11 is 7.07. The van der Waals surface area contributed by atoms with Crippen LogP contribution in [0.15, 0.2) is 0 Å². The molecule has 5 heteroatoms. The van der Waals surface area contributed by atoms with Gasteiger partial charge in [0.1, 0.15) is 0 Å². The zero-order valence-electron chi connectivity index (χ0n) is 14.2. The second kappa shape index (κ2) is 17.4. The van der Waals surface area contributed by atoms with E-state index < -0.39 is 0 Å². The Kier molecular flexibility index (Phi) is 18.3. The Balaban J connectivity index is 4.22. The third kappa shape index (κ3) is 14.4. The summed E-state index contributed by atoms with van der Waals surface area (Å²) in [6.45, 7) is 5.55. The van der Waals surface area contributed by atoms with Gasteiger partial charge >= 0.3 is 0 Å². The molecule has 1 nitrogen and oxygen atoms in total. The zero-order valence-corrected chi connectivity index (χ0v) is 17.4. The predicted octanol–water partition coefficient (Wildman–Crippen LogP) is 6.94. The number of hydrogen-bond acceptors (Lipinski definition) is 1. The van der Waals surface area contributed by atoms with Crippen LogP contribution in [0, 0.1) is 0 Å². The Morgan fingerprint density at radius 3 is 1.33 bits per heavy atom. The molecule has 0 bridgehead atoms. The molecule has 0 spiro atoms. The highest BCUT2D eigenvalue weighted by Crippen LogP contribution is 2.18. The predicted molar refractivity (Wildman–Crippen MR) is 108 cm³/mol. The smallest absolute Gasteiger partial charge is 0.276 e.